The smallest absolute Gasteiger partial charge is 0.416 e. The lowest BCUT2D eigenvalue weighted by Gasteiger charge is -2.10. The average molecular weight is 441 g/mol. The molecule has 0 N–H and O–H groups in total. The molecule has 170 valence electrons. The van der Waals surface area contributed by atoms with Crippen LogP contribution in [0.3, 0.4) is 0 Å². The van der Waals surface area contributed by atoms with Crippen LogP contribution in [0.1, 0.15) is 60.8 Å². The molecule has 0 aliphatic carbocycles. The summed E-state index contributed by atoms with van der Waals surface area (Å²) in [5, 5.41) is 0. The van der Waals surface area contributed by atoms with Gasteiger partial charge in [0.1, 0.15) is 12.4 Å². The van der Waals surface area contributed by atoms with Crippen molar-refractivity contribution in [3.63, 3.8) is 0 Å². The minimum Gasteiger partial charge on any atom is -0.489 e. The molecular weight excluding hydrogens is 409 g/mol. The number of aryl methyl sites for hydroxylation is 2. The van der Waals surface area contributed by atoms with Gasteiger partial charge in [-0.3, -0.25) is 0 Å². The largest absolute Gasteiger partial charge is 0.489 e. The van der Waals surface area contributed by atoms with Crippen LogP contribution in [0.15, 0.2) is 78.9 Å². The number of hydrogen-bond acceptors (Lipinski definition) is 1. The maximum Gasteiger partial charge on any atom is 0.416 e. The van der Waals surface area contributed by atoms with Gasteiger partial charge in [0.05, 0.1) is 5.56 Å². The molecule has 0 heterocycles. The van der Waals surface area contributed by atoms with Crippen molar-refractivity contribution in [3.05, 3.63) is 101 Å². The number of rotatable bonds is 12. The zero-order valence-electron chi connectivity index (χ0n) is 18.4. The normalized spacial score (nSPS) is 11.5. The second-order valence-corrected chi connectivity index (χ2v) is 8.23. The Morgan fingerprint density at radius 3 is 1.59 bits per heavy atom. The summed E-state index contributed by atoms with van der Waals surface area (Å²) in [5.41, 5.74) is 2.79. The molecule has 32 heavy (non-hydrogen) atoms. The fourth-order valence-corrected chi connectivity index (χ4v) is 3.72. The molecule has 0 radical (unpaired) electrons. The van der Waals surface area contributed by atoms with Gasteiger partial charge in [0.25, 0.3) is 0 Å². The number of hydrogen-bond donors (Lipinski definition) is 0. The summed E-state index contributed by atoms with van der Waals surface area (Å²) in [4.78, 5) is 0. The molecule has 0 bridgehead atoms. The van der Waals surface area contributed by atoms with Crippen molar-refractivity contribution in [2.75, 3.05) is 0 Å². The Bertz CT molecular complexity index is 900. The molecule has 0 amide bonds. The van der Waals surface area contributed by atoms with Crippen molar-refractivity contribution in [2.24, 2.45) is 0 Å². The summed E-state index contributed by atoms with van der Waals surface area (Å²) >= 11 is 0. The third kappa shape index (κ3) is 8.41. The fourth-order valence-electron chi connectivity index (χ4n) is 3.72. The van der Waals surface area contributed by atoms with Crippen molar-refractivity contribution in [1.82, 2.24) is 0 Å². The van der Waals surface area contributed by atoms with E-state index in [1.807, 2.05) is 12.1 Å². The van der Waals surface area contributed by atoms with Gasteiger partial charge in [-0.15, -0.1) is 0 Å². The van der Waals surface area contributed by atoms with Gasteiger partial charge in [-0.05, 0) is 66.6 Å². The van der Waals surface area contributed by atoms with E-state index in [1.54, 1.807) is 0 Å². The third-order valence-corrected chi connectivity index (χ3v) is 5.63. The first kappa shape index (κ1) is 23.9. The van der Waals surface area contributed by atoms with Crippen LogP contribution in [0.4, 0.5) is 13.2 Å². The number of alkyl halides is 3. The minimum absolute atomic E-state index is 0.252. The van der Waals surface area contributed by atoms with Crippen molar-refractivity contribution >= 4 is 0 Å². The first-order chi connectivity index (χ1) is 15.5. The monoisotopic (exact) mass is 440 g/mol. The second-order valence-electron chi connectivity index (χ2n) is 8.23. The van der Waals surface area contributed by atoms with Crippen LogP contribution >= 0.6 is 0 Å². The van der Waals surface area contributed by atoms with Crippen molar-refractivity contribution in [3.8, 4) is 5.75 Å². The maximum atomic E-state index is 12.6. The first-order valence-corrected chi connectivity index (χ1v) is 11.4. The summed E-state index contributed by atoms with van der Waals surface area (Å²) < 4.78 is 43.6. The Kier molecular flexibility index (Phi) is 9.21. The predicted molar refractivity (Wildman–Crippen MR) is 124 cm³/mol. The molecule has 0 aliphatic rings. The lowest BCUT2D eigenvalue weighted by atomic mass is 10.0. The third-order valence-electron chi connectivity index (χ3n) is 5.63. The lowest BCUT2D eigenvalue weighted by molar-refractivity contribution is -0.137. The van der Waals surface area contributed by atoms with E-state index in [-0.39, 0.29) is 6.61 Å². The summed E-state index contributed by atoms with van der Waals surface area (Å²) in [7, 11) is 0. The van der Waals surface area contributed by atoms with E-state index in [9.17, 15) is 13.2 Å². The van der Waals surface area contributed by atoms with E-state index in [2.05, 4.69) is 42.5 Å². The zero-order chi connectivity index (χ0) is 22.7. The van der Waals surface area contributed by atoms with Crippen LogP contribution in [0.25, 0.3) is 0 Å². The number of benzene rings is 3. The summed E-state index contributed by atoms with van der Waals surface area (Å²) in [6, 6.07) is 23.8. The van der Waals surface area contributed by atoms with E-state index >= 15 is 0 Å². The molecule has 0 saturated carbocycles. The van der Waals surface area contributed by atoms with Gasteiger partial charge in [0, 0.05) is 0 Å². The summed E-state index contributed by atoms with van der Waals surface area (Å²) in [6.45, 7) is 0.252. The first-order valence-electron chi connectivity index (χ1n) is 11.4. The average Bonchev–Trinajstić information content (AvgIpc) is 2.80. The zero-order valence-corrected chi connectivity index (χ0v) is 18.4. The lowest BCUT2D eigenvalue weighted by Crippen LogP contribution is -2.05. The van der Waals surface area contributed by atoms with Crippen LogP contribution < -0.4 is 4.74 Å². The second kappa shape index (κ2) is 12.3. The van der Waals surface area contributed by atoms with Gasteiger partial charge in [-0.1, -0.05) is 80.3 Å². The highest BCUT2D eigenvalue weighted by Crippen LogP contribution is 2.29. The number of ether oxygens (including phenoxy) is 1. The van der Waals surface area contributed by atoms with Crippen molar-refractivity contribution < 1.29 is 17.9 Å². The molecule has 0 spiro atoms. The van der Waals surface area contributed by atoms with Gasteiger partial charge in [-0.25, -0.2) is 0 Å². The highest BCUT2D eigenvalue weighted by atomic mass is 19.4. The highest BCUT2D eigenvalue weighted by Gasteiger charge is 2.29. The molecule has 3 aromatic carbocycles. The standard InChI is InChI=1S/C28H31F3O/c29-28(30,31)26-18-14-25(15-19-26)22-32-27-20-16-24(17-21-27)13-7-4-2-1-3-6-10-23-11-8-5-9-12-23/h5,8-9,11-12,14-21H,1-4,6-7,10,13,22H2. The van der Waals surface area contributed by atoms with E-state index in [1.165, 1.54) is 68.2 Å². The fraction of sp³-hybridized carbons (Fsp3) is 0.357. The van der Waals surface area contributed by atoms with Crippen LogP contribution in [0.2, 0.25) is 0 Å². The topological polar surface area (TPSA) is 9.23 Å². The van der Waals surface area contributed by atoms with E-state index in [0.717, 1.165) is 24.3 Å². The molecule has 3 rings (SSSR count). The highest BCUT2D eigenvalue weighted by molar-refractivity contribution is 5.29. The molecule has 0 saturated heterocycles. The molecule has 0 atom stereocenters. The molecule has 4 heteroatoms. The van der Waals surface area contributed by atoms with Gasteiger partial charge in [0.15, 0.2) is 0 Å². The van der Waals surface area contributed by atoms with Crippen LogP contribution in [0, 0.1) is 0 Å². The minimum atomic E-state index is -4.31. The van der Waals surface area contributed by atoms with Gasteiger partial charge >= 0.3 is 6.18 Å². The Balaban J connectivity index is 1.27. The molecule has 3 aromatic rings. The Hall–Kier alpha value is -2.75. The SMILES string of the molecule is FC(F)(F)c1ccc(COc2ccc(CCCCCCCCc3ccccc3)cc2)cc1. The Morgan fingerprint density at radius 2 is 1.03 bits per heavy atom. The van der Waals surface area contributed by atoms with Gasteiger partial charge in [0.2, 0.25) is 0 Å². The van der Waals surface area contributed by atoms with Crippen molar-refractivity contribution in [2.45, 2.75) is 64.1 Å². The van der Waals surface area contributed by atoms with Crippen LogP contribution in [-0.4, -0.2) is 0 Å². The summed E-state index contributed by atoms with van der Waals surface area (Å²) in [6.07, 6.45) is 5.49. The van der Waals surface area contributed by atoms with Gasteiger partial charge in [-0.2, -0.15) is 13.2 Å². The van der Waals surface area contributed by atoms with Crippen molar-refractivity contribution in [1.29, 1.82) is 0 Å². The maximum absolute atomic E-state index is 12.6. The van der Waals surface area contributed by atoms with Crippen LogP contribution in [-0.2, 0) is 25.6 Å². The van der Waals surface area contributed by atoms with Gasteiger partial charge < -0.3 is 4.74 Å². The van der Waals surface area contributed by atoms with E-state index in [4.69, 9.17) is 4.74 Å². The van der Waals surface area contributed by atoms with Crippen LogP contribution in [0.5, 0.6) is 5.75 Å². The molecule has 0 unspecified atom stereocenters. The number of unbranched alkanes of at least 4 members (excludes halogenated alkanes) is 5. The van der Waals surface area contributed by atoms with E-state index < -0.39 is 11.7 Å². The Labute approximate surface area is 189 Å². The molecule has 0 aliphatic heterocycles. The molecule has 1 nitrogen and oxygen atoms in total. The Morgan fingerprint density at radius 1 is 0.531 bits per heavy atom. The predicted octanol–water partition coefficient (Wildman–Crippen LogP) is 8.41. The number of halogens is 3. The quantitative estimate of drug-likeness (QED) is 0.257. The molecule has 0 fully saturated rings. The van der Waals surface area contributed by atoms with E-state index in [0.29, 0.717) is 5.56 Å². The summed E-state index contributed by atoms with van der Waals surface area (Å²) in [5.74, 6) is 0.729. The molecular formula is C28H31F3O. The molecule has 0 aromatic heterocycles.